The number of halogens is 5. The number of hydrogen-bond acceptors (Lipinski definition) is 3. The normalized spacial score (nSPS) is 11.6. The predicted molar refractivity (Wildman–Crippen MR) is 104 cm³/mol. The summed E-state index contributed by atoms with van der Waals surface area (Å²) in [5.41, 5.74) is 0.343. The average Bonchev–Trinajstić information content (AvgIpc) is 2.93. The molecule has 0 bridgehead atoms. The van der Waals surface area contributed by atoms with Gasteiger partial charge in [0.2, 0.25) is 11.7 Å². The Morgan fingerprint density at radius 1 is 1.14 bits per heavy atom. The lowest BCUT2D eigenvalue weighted by molar-refractivity contribution is -0.137. The molecule has 2 aromatic carbocycles. The minimum atomic E-state index is -4.55. The topological polar surface area (TPSA) is 44.1 Å². The van der Waals surface area contributed by atoms with Crippen LogP contribution >= 0.6 is 23.2 Å². The van der Waals surface area contributed by atoms with E-state index in [1.54, 1.807) is 38.2 Å². The molecule has 0 atom stereocenters. The zero-order chi connectivity index (χ0) is 21.3. The number of hydrogen-bond donors (Lipinski definition) is 0. The van der Waals surface area contributed by atoms with Crippen LogP contribution in [0.2, 0.25) is 10.0 Å². The van der Waals surface area contributed by atoms with Crippen LogP contribution in [0.15, 0.2) is 42.5 Å². The summed E-state index contributed by atoms with van der Waals surface area (Å²) in [6, 6.07) is 9.59. The number of carbonyl (C=O) groups is 1. The van der Waals surface area contributed by atoms with Crippen LogP contribution in [-0.2, 0) is 19.8 Å². The van der Waals surface area contributed by atoms with Crippen molar-refractivity contribution in [2.45, 2.75) is 19.7 Å². The second-order valence-electron chi connectivity index (χ2n) is 6.33. The predicted octanol–water partition coefficient (Wildman–Crippen LogP) is 5.86. The fourth-order valence-corrected chi connectivity index (χ4v) is 3.20. The molecule has 0 radical (unpaired) electrons. The minimum absolute atomic E-state index is 0.0629. The zero-order valence-corrected chi connectivity index (χ0v) is 16.9. The van der Waals surface area contributed by atoms with E-state index in [-0.39, 0.29) is 28.6 Å². The van der Waals surface area contributed by atoms with Gasteiger partial charge in [-0.05, 0) is 42.8 Å². The van der Waals surface area contributed by atoms with Gasteiger partial charge in [-0.1, -0.05) is 35.3 Å². The van der Waals surface area contributed by atoms with Crippen molar-refractivity contribution >= 4 is 29.0 Å². The molecule has 0 unspecified atom stereocenters. The summed E-state index contributed by atoms with van der Waals surface area (Å²) in [4.78, 5) is 13.0. The zero-order valence-electron chi connectivity index (χ0n) is 15.3. The third-order valence-corrected chi connectivity index (χ3v) is 4.79. The van der Waals surface area contributed by atoms with Crippen LogP contribution in [0, 0.1) is 6.92 Å². The second-order valence-corrected chi connectivity index (χ2v) is 7.17. The molecular formula is C20H15Cl2F3N2O2. The van der Waals surface area contributed by atoms with Gasteiger partial charge >= 0.3 is 6.18 Å². The van der Waals surface area contributed by atoms with E-state index >= 15 is 0 Å². The van der Waals surface area contributed by atoms with Gasteiger partial charge < -0.3 is 4.74 Å². The molecule has 0 aliphatic heterocycles. The van der Waals surface area contributed by atoms with E-state index in [1.807, 2.05) is 0 Å². The Balaban J connectivity index is 1.92. The van der Waals surface area contributed by atoms with Crippen molar-refractivity contribution in [2.24, 2.45) is 7.05 Å². The molecule has 4 nitrogen and oxygen atoms in total. The maximum Gasteiger partial charge on any atom is 0.416 e. The summed E-state index contributed by atoms with van der Waals surface area (Å²) < 4.78 is 45.8. The van der Waals surface area contributed by atoms with Crippen LogP contribution < -0.4 is 4.74 Å². The van der Waals surface area contributed by atoms with Crippen LogP contribution in [0.4, 0.5) is 13.2 Å². The van der Waals surface area contributed by atoms with Crippen molar-refractivity contribution in [3.8, 4) is 5.88 Å². The van der Waals surface area contributed by atoms with E-state index in [9.17, 15) is 18.0 Å². The molecule has 0 N–H and O–H groups in total. The summed E-state index contributed by atoms with van der Waals surface area (Å²) >= 11 is 11.8. The molecule has 0 amide bonds. The van der Waals surface area contributed by atoms with Crippen molar-refractivity contribution < 1.29 is 22.7 Å². The monoisotopic (exact) mass is 442 g/mol. The molecule has 152 valence electrons. The summed E-state index contributed by atoms with van der Waals surface area (Å²) in [7, 11) is 1.61. The molecular weight excluding hydrogens is 428 g/mol. The SMILES string of the molecule is Cc1nn(C)c(OCc2ccc(Cl)cc2)c1C(=O)c1ccc(C(F)(F)F)cc1Cl. The lowest BCUT2D eigenvalue weighted by atomic mass is 10.0. The number of ketones is 1. The van der Waals surface area contributed by atoms with Gasteiger partial charge in [0.15, 0.2) is 0 Å². The number of aryl methyl sites for hydroxylation is 2. The largest absolute Gasteiger partial charge is 0.472 e. The fraction of sp³-hybridized carbons (Fsp3) is 0.200. The third kappa shape index (κ3) is 4.57. The van der Waals surface area contributed by atoms with Crippen molar-refractivity contribution in [1.29, 1.82) is 0 Å². The third-order valence-electron chi connectivity index (χ3n) is 4.23. The molecule has 0 aliphatic rings. The van der Waals surface area contributed by atoms with E-state index < -0.39 is 17.5 Å². The lowest BCUT2D eigenvalue weighted by Gasteiger charge is -2.11. The van der Waals surface area contributed by atoms with Crippen LogP contribution in [0.5, 0.6) is 5.88 Å². The van der Waals surface area contributed by atoms with Gasteiger partial charge in [-0.3, -0.25) is 4.79 Å². The van der Waals surface area contributed by atoms with Gasteiger partial charge in [0.1, 0.15) is 12.2 Å². The maximum absolute atomic E-state index is 13.0. The molecule has 1 aromatic heterocycles. The molecule has 0 fully saturated rings. The summed E-state index contributed by atoms with van der Waals surface area (Å²) in [6.07, 6.45) is -4.55. The van der Waals surface area contributed by atoms with Gasteiger partial charge in [0, 0.05) is 17.6 Å². The Kier molecular flexibility index (Phi) is 5.91. The van der Waals surface area contributed by atoms with Gasteiger partial charge in [-0.25, -0.2) is 4.68 Å². The van der Waals surface area contributed by atoms with Crippen molar-refractivity contribution in [3.63, 3.8) is 0 Å². The van der Waals surface area contributed by atoms with Crippen molar-refractivity contribution in [1.82, 2.24) is 9.78 Å². The minimum Gasteiger partial charge on any atom is -0.472 e. The number of carbonyl (C=O) groups excluding carboxylic acids is 1. The average molecular weight is 443 g/mol. The number of ether oxygens (including phenoxy) is 1. The highest BCUT2D eigenvalue weighted by Crippen LogP contribution is 2.34. The van der Waals surface area contributed by atoms with Crippen molar-refractivity contribution in [3.05, 3.63) is 80.5 Å². The van der Waals surface area contributed by atoms with Crippen LogP contribution in [0.25, 0.3) is 0 Å². The smallest absolute Gasteiger partial charge is 0.416 e. The highest BCUT2D eigenvalue weighted by atomic mass is 35.5. The molecule has 0 saturated heterocycles. The van der Waals surface area contributed by atoms with Gasteiger partial charge in [0.25, 0.3) is 0 Å². The molecule has 0 saturated carbocycles. The van der Waals surface area contributed by atoms with Crippen molar-refractivity contribution in [2.75, 3.05) is 0 Å². The summed E-state index contributed by atoms with van der Waals surface area (Å²) in [5, 5.41) is 4.48. The van der Waals surface area contributed by atoms with E-state index in [4.69, 9.17) is 27.9 Å². The molecule has 9 heteroatoms. The first-order chi connectivity index (χ1) is 13.6. The highest BCUT2D eigenvalue weighted by molar-refractivity contribution is 6.35. The molecule has 0 aliphatic carbocycles. The summed E-state index contributed by atoms with van der Waals surface area (Å²) in [5.74, 6) is -0.376. The quantitative estimate of drug-likeness (QED) is 0.464. The number of benzene rings is 2. The van der Waals surface area contributed by atoms with Gasteiger partial charge in [0.05, 0.1) is 16.3 Å². The highest BCUT2D eigenvalue weighted by Gasteiger charge is 2.32. The van der Waals surface area contributed by atoms with E-state index in [0.717, 1.165) is 23.8 Å². The van der Waals surface area contributed by atoms with Crippen LogP contribution in [0.3, 0.4) is 0 Å². The standard InChI is InChI=1S/C20H15Cl2F3N2O2/c1-11-17(18(28)15-8-5-13(9-16(15)22)20(23,24)25)19(27(2)26-11)29-10-12-3-6-14(21)7-4-12/h3-9H,10H2,1-2H3. The number of alkyl halides is 3. The maximum atomic E-state index is 13.0. The van der Waals surface area contributed by atoms with Crippen LogP contribution in [0.1, 0.15) is 32.7 Å². The number of nitrogens with zero attached hydrogens (tertiary/aromatic N) is 2. The Bertz CT molecular complexity index is 1060. The van der Waals surface area contributed by atoms with E-state index in [1.165, 1.54) is 4.68 Å². The Morgan fingerprint density at radius 3 is 2.38 bits per heavy atom. The molecule has 29 heavy (non-hydrogen) atoms. The van der Waals surface area contributed by atoms with E-state index in [0.29, 0.717) is 10.7 Å². The first-order valence-electron chi connectivity index (χ1n) is 8.40. The first kappa shape index (κ1) is 21.2. The van der Waals surface area contributed by atoms with Gasteiger partial charge in [-0.2, -0.15) is 18.3 Å². The lowest BCUT2D eigenvalue weighted by Crippen LogP contribution is -2.10. The van der Waals surface area contributed by atoms with Crippen LogP contribution in [-0.4, -0.2) is 15.6 Å². The second kappa shape index (κ2) is 8.08. The first-order valence-corrected chi connectivity index (χ1v) is 9.16. The fourth-order valence-electron chi connectivity index (χ4n) is 2.81. The molecule has 3 aromatic rings. The Hall–Kier alpha value is -2.51. The Labute approximate surface area is 174 Å². The summed E-state index contributed by atoms with van der Waals surface area (Å²) in [6.45, 7) is 1.76. The molecule has 1 heterocycles. The number of aromatic nitrogens is 2. The molecule has 3 rings (SSSR count). The number of rotatable bonds is 5. The molecule has 0 spiro atoms. The Morgan fingerprint density at radius 2 is 1.79 bits per heavy atom. The van der Waals surface area contributed by atoms with E-state index in [2.05, 4.69) is 5.10 Å². The van der Waals surface area contributed by atoms with Gasteiger partial charge in [-0.15, -0.1) is 0 Å².